The zero-order valence-electron chi connectivity index (χ0n) is 23.8. The first kappa shape index (κ1) is 31.1. The standard InChI is InChI=1S/C30H33F7N4O2/c1-18-11-22(31)3-6-25(18)26-15-24(39-9-10-40(23-4-5-23)27(42)17-39)7-8-41(26)28(43)38(2)16-19-12-20(29(32,33)34)14-21(13-19)30(35,36)37/h3,6,11-14,23-24,26H,4-5,7-10,15-17H2,1-2H3/t24-,26-/m1/s1. The van der Waals surface area contributed by atoms with Gasteiger partial charge in [0.2, 0.25) is 5.91 Å². The van der Waals surface area contributed by atoms with Crippen molar-refractivity contribution >= 4 is 11.9 Å². The lowest BCUT2D eigenvalue weighted by Crippen LogP contribution is -2.57. The predicted octanol–water partition coefficient (Wildman–Crippen LogP) is 6.24. The van der Waals surface area contributed by atoms with Crippen LogP contribution >= 0.6 is 0 Å². The Morgan fingerprint density at radius 1 is 0.907 bits per heavy atom. The molecule has 1 aliphatic carbocycles. The molecule has 3 aliphatic rings. The minimum Gasteiger partial charge on any atom is -0.337 e. The Labute approximate surface area is 245 Å². The summed E-state index contributed by atoms with van der Waals surface area (Å²) >= 11 is 0. The number of urea groups is 1. The summed E-state index contributed by atoms with van der Waals surface area (Å²) in [5, 5.41) is 0. The maximum atomic E-state index is 14.0. The number of hydrogen-bond donors (Lipinski definition) is 0. The first-order chi connectivity index (χ1) is 20.1. The van der Waals surface area contributed by atoms with Crippen LogP contribution in [-0.2, 0) is 23.7 Å². The van der Waals surface area contributed by atoms with Crippen LogP contribution in [0.25, 0.3) is 0 Å². The Balaban J connectivity index is 1.37. The lowest BCUT2D eigenvalue weighted by molar-refractivity contribution is -0.143. The Hall–Kier alpha value is -3.35. The van der Waals surface area contributed by atoms with Crippen LogP contribution < -0.4 is 0 Å². The van der Waals surface area contributed by atoms with Gasteiger partial charge < -0.3 is 14.7 Å². The summed E-state index contributed by atoms with van der Waals surface area (Å²) in [5.74, 6) is -0.378. The average Bonchev–Trinajstić information content (AvgIpc) is 3.76. The highest BCUT2D eigenvalue weighted by molar-refractivity contribution is 5.79. The molecule has 5 rings (SSSR count). The van der Waals surface area contributed by atoms with Crippen molar-refractivity contribution in [1.82, 2.24) is 19.6 Å². The maximum absolute atomic E-state index is 14.0. The molecular weight excluding hydrogens is 581 g/mol. The second-order valence-electron chi connectivity index (χ2n) is 11.7. The normalized spacial score (nSPS) is 22.2. The number of aryl methyl sites for hydroxylation is 1. The van der Waals surface area contributed by atoms with Crippen LogP contribution in [0.5, 0.6) is 0 Å². The molecule has 2 aliphatic heterocycles. The number of piperidine rings is 1. The van der Waals surface area contributed by atoms with Crippen LogP contribution in [0.4, 0.5) is 35.5 Å². The van der Waals surface area contributed by atoms with Crippen molar-refractivity contribution in [2.75, 3.05) is 33.2 Å². The highest BCUT2D eigenvalue weighted by Gasteiger charge is 2.42. The quantitative estimate of drug-likeness (QED) is 0.375. The number of halogens is 7. The summed E-state index contributed by atoms with van der Waals surface area (Å²) in [7, 11) is 1.33. The Kier molecular flexibility index (Phi) is 8.40. The number of likely N-dealkylation sites (tertiary alicyclic amines) is 1. The van der Waals surface area contributed by atoms with E-state index in [1.54, 1.807) is 13.0 Å². The number of piperazine rings is 1. The molecule has 2 aromatic rings. The summed E-state index contributed by atoms with van der Waals surface area (Å²) < 4.78 is 94.4. The fourth-order valence-electron chi connectivity index (χ4n) is 6.28. The largest absolute Gasteiger partial charge is 0.416 e. The maximum Gasteiger partial charge on any atom is 0.416 e. The number of amides is 3. The molecule has 0 N–H and O–H groups in total. The van der Waals surface area contributed by atoms with Crippen molar-refractivity contribution in [3.63, 3.8) is 0 Å². The molecule has 2 aromatic carbocycles. The van der Waals surface area contributed by atoms with E-state index in [4.69, 9.17) is 0 Å². The van der Waals surface area contributed by atoms with E-state index in [2.05, 4.69) is 4.90 Å². The smallest absolute Gasteiger partial charge is 0.337 e. The Morgan fingerprint density at radius 3 is 2.12 bits per heavy atom. The number of carbonyl (C=O) groups excluding carboxylic acids is 2. The van der Waals surface area contributed by atoms with Gasteiger partial charge in [-0.2, -0.15) is 26.3 Å². The first-order valence-electron chi connectivity index (χ1n) is 14.2. The molecule has 0 aromatic heterocycles. The third-order valence-electron chi connectivity index (χ3n) is 8.60. The van der Waals surface area contributed by atoms with Gasteiger partial charge in [0.1, 0.15) is 5.82 Å². The Bertz CT molecular complexity index is 1340. The van der Waals surface area contributed by atoms with E-state index in [1.807, 2.05) is 4.90 Å². The van der Waals surface area contributed by atoms with E-state index in [1.165, 1.54) is 24.1 Å². The predicted molar refractivity (Wildman–Crippen MR) is 143 cm³/mol. The van der Waals surface area contributed by atoms with Gasteiger partial charge in [0.25, 0.3) is 0 Å². The molecular formula is C30H33F7N4O2. The lowest BCUT2D eigenvalue weighted by Gasteiger charge is -2.46. The van der Waals surface area contributed by atoms with Crippen molar-refractivity contribution in [2.45, 2.75) is 69.6 Å². The molecule has 234 valence electrons. The van der Waals surface area contributed by atoms with Crippen molar-refractivity contribution in [2.24, 2.45) is 0 Å². The molecule has 6 nitrogen and oxygen atoms in total. The molecule has 2 saturated heterocycles. The minimum absolute atomic E-state index is 0.0491. The number of carbonyl (C=O) groups is 2. The second-order valence-corrected chi connectivity index (χ2v) is 11.7. The van der Waals surface area contributed by atoms with E-state index in [0.29, 0.717) is 55.2 Å². The molecule has 43 heavy (non-hydrogen) atoms. The third kappa shape index (κ3) is 6.91. The fourth-order valence-corrected chi connectivity index (χ4v) is 6.28. The van der Waals surface area contributed by atoms with Crippen molar-refractivity contribution in [3.05, 3.63) is 70.0 Å². The molecule has 13 heteroatoms. The molecule has 2 atom stereocenters. The fraction of sp³-hybridized carbons (Fsp3) is 0.533. The van der Waals surface area contributed by atoms with Crippen LogP contribution in [0.2, 0.25) is 0 Å². The summed E-state index contributed by atoms with van der Waals surface area (Å²) in [5.41, 5.74) is -1.91. The average molecular weight is 615 g/mol. The third-order valence-corrected chi connectivity index (χ3v) is 8.60. The monoisotopic (exact) mass is 614 g/mol. The Morgan fingerprint density at radius 2 is 1.56 bits per heavy atom. The zero-order valence-corrected chi connectivity index (χ0v) is 23.8. The molecule has 0 unspecified atom stereocenters. The van der Waals surface area contributed by atoms with Gasteiger partial charge in [0.15, 0.2) is 0 Å². The van der Waals surface area contributed by atoms with Crippen molar-refractivity contribution < 1.29 is 40.3 Å². The number of rotatable bonds is 5. The molecule has 3 amide bonds. The van der Waals surface area contributed by atoms with Crippen LogP contribution in [0.3, 0.4) is 0 Å². The van der Waals surface area contributed by atoms with Gasteiger partial charge in [-0.25, -0.2) is 9.18 Å². The number of hydrogen-bond acceptors (Lipinski definition) is 3. The lowest BCUT2D eigenvalue weighted by atomic mass is 9.88. The highest BCUT2D eigenvalue weighted by atomic mass is 19.4. The van der Waals surface area contributed by atoms with Crippen LogP contribution in [0, 0.1) is 12.7 Å². The molecule has 0 bridgehead atoms. The second kappa shape index (κ2) is 11.6. The van der Waals surface area contributed by atoms with Gasteiger partial charge in [-0.05, 0) is 79.6 Å². The van der Waals surface area contributed by atoms with Gasteiger partial charge in [-0.3, -0.25) is 9.69 Å². The van der Waals surface area contributed by atoms with Gasteiger partial charge in [-0.15, -0.1) is 0 Å². The molecule has 0 radical (unpaired) electrons. The van der Waals surface area contributed by atoms with Gasteiger partial charge >= 0.3 is 18.4 Å². The highest BCUT2D eigenvalue weighted by Crippen LogP contribution is 2.39. The van der Waals surface area contributed by atoms with Crippen molar-refractivity contribution in [1.29, 1.82) is 0 Å². The van der Waals surface area contributed by atoms with E-state index < -0.39 is 47.9 Å². The minimum atomic E-state index is -5.00. The number of nitrogens with zero attached hydrogens (tertiary/aromatic N) is 4. The van der Waals surface area contributed by atoms with E-state index in [-0.39, 0.29) is 36.7 Å². The van der Waals surface area contributed by atoms with Crippen LogP contribution in [0.15, 0.2) is 36.4 Å². The van der Waals surface area contributed by atoms with E-state index in [9.17, 15) is 40.3 Å². The topological polar surface area (TPSA) is 47.1 Å². The number of benzene rings is 2. The van der Waals surface area contributed by atoms with E-state index in [0.717, 1.165) is 17.7 Å². The summed E-state index contributed by atoms with van der Waals surface area (Å²) in [4.78, 5) is 33.2. The van der Waals surface area contributed by atoms with Crippen LogP contribution in [0.1, 0.15) is 59.5 Å². The molecule has 3 fully saturated rings. The first-order valence-corrected chi connectivity index (χ1v) is 14.2. The van der Waals surface area contributed by atoms with Gasteiger partial charge in [0.05, 0.1) is 23.7 Å². The summed E-state index contributed by atoms with van der Waals surface area (Å²) in [6.07, 6.45) is -7.01. The number of alkyl halides is 6. The summed E-state index contributed by atoms with van der Waals surface area (Å²) in [6, 6.07) is 4.68. The SMILES string of the molecule is Cc1cc(F)ccc1[C@H]1C[C@H](N2CCN(C3CC3)C(=O)C2)CCN1C(=O)N(C)Cc1cc(C(F)(F)F)cc(C(F)(F)F)c1. The van der Waals surface area contributed by atoms with Gasteiger partial charge in [0, 0.05) is 45.3 Å². The van der Waals surface area contributed by atoms with Crippen LogP contribution in [-0.4, -0.2) is 76.8 Å². The summed E-state index contributed by atoms with van der Waals surface area (Å²) in [6.45, 7) is 3.05. The van der Waals surface area contributed by atoms with Crippen molar-refractivity contribution in [3.8, 4) is 0 Å². The zero-order chi connectivity index (χ0) is 31.3. The van der Waals surface area contributed by atoms with Gasteiger partial charge in [-0.1, -0.05) is 6.07 Å². The molecule has 1 saturated carbocycles. The molecule has 0 spiro atoms. The molecule has 2 heterocycles. The van der Waals surface area contributed by atoms with E-state index >= 15 is 0 Å².